The van der Waals surface area contributed by atoms with Crippen molar-refractivity contribution in [3.63, 3.8) is 0 Å². The second-order valence-electron chi connectivity index (χ2n) is 6.45. The Morgan fingerprint density at radius 3 is 2.25 bits per heavy atom. The third-order valence-corrected chi connectivity index (χ3v) is 7.00. The second-order valence-corrected chi connectivity index (χ2v) is 8.44. The summed E-state index contributed by atoms with van der Waals surface area (Å²) in [6.07, 6.45) is 5.80. The minimum absolute atomic E-state index is 0. The molecule has 1 heterocycles. The first-order chi connectivity index (χ1) is 11.0. The molecule has 0 aromatic heterocycles. The molecule has 1 amide bonds. The molecule has 24 heavy (non-hydrogen) atoms. The summed E-state index contributed by atoms with van der Waals surface area (Å²) in [5.41, 5.74) is 0. The summed E-state index contributed by atoms with van der Waals surface area (Å²) in [6, 6.07) is 0.129. The number of hydrogen-bond donors (Lipinski definition) is 1. The fourth-order valence-electron chi connectivity index (χ4n) is 3.37. The van der Waals surface area contributed by atoms with Gasteiger partial charge in [0.1, 0.15) is 0 Å². The summed E-state index contributed by atoms with van der Waals surface area (Å²) >= 11 is 0. The lowest BCUT2D eigenvalue weighted by atomic mass is 9.96. The first kappa shape index (κ1) is 21.6. The molecule has 2 fully saturated rings. The van der Waals surface area contributed by atoms with Crippen LogP contribution in [0.15, 0.2) is 0 Å². The maximum atomic E-state index is 12.8. The van der Waals surface area contributed by atoms with Crippen LogP contribution < -0.4 is 5.32 Å². The van der Waals surface area contributed by atoms with Crippen LogP contribution in [0.1, 0.15) is 38.5 Å². The zero-order chi connectivity index (χ0) is 16.9. The molecular weight excluding hydrogens is 352 g/mol. The molecule has 0 aromatic carbocycles. The van der Waals surface area contributed by atoms with Crippen molar-refractivity contribution in [2.75, 3.05) is 46.8 Å². The van der Waals surface area contributed by atoms with Gasteiger partial charge in [0.15, 0.2) is 0 Å². The molecule has 1 aliphatic heterocycles. The Kier molecular flexibility index (Phi) is 8.94. The quantitative estimate of drug-likeness (QED) is 0.732. The van der Waals surface area contributed by atoms with Crippen LogP contribution in [0, 0.1) is 0 Å². The summed E-state index contributed by atoms with van der Waals surface area (Å²) in [5, 5.41) is 2.96. The van der Waals surface area contributed by atoms with Gasteiger partial charge >= 0.3 is 0 Å². The highest BCUT2D eigenvalue weighted by atomic mass is 35.5. The Balaban J connectivity index is 0.00000288. The highest BCUT2D eigenvalue weighted by molar-refractivity contribution is 7.86. The van der Waals surface area contributed by atoms with Crippen LogP contribution >= 0.6 is 12.4 Å². The number of halogens is 1. The van der Waals surface area contributed by atoms with Gasteiger partial charge in [-0.1, -0.05) is 19.3 Å². The molecule has 2 aliphatic rings. The third kappa shape index (κ3) is 5.29. The number of nitrogens with zero attached hydrogens (tertiary/aromatic N) is 3. The van der Waals surface area contributed by atoms with E-state index in [0.717, 1.165) is 25.7 Å². The molecule has 2 rings (SSSR count). The summed E-state index contributed by atoms with van der Waals surface area (Å²) in [5.74, 6) is 0.0945. The van der Waals surface area contributed by atoms with Gasteiger partial charge < -0.3 is 10.2 Å². The molecule has 0 spiro atoms. The fraction of sp³-hybridized carbons (Fsp3) is 0.933. The number of carbonyl (C=O) groups excluding carboxylic acids is 1. The summed E-state index contributed by atoms with van der Waals surface area (Å²) in [4.78, 5) is 13.8. The predicted octanol–water partition coefficient (Wildman–Crippen LogP) is 0.671. The lowest BCUT2D eigenvalue weighted by Crippen LogP contribution is -2.55. The first-order valence-corrected chi connectivity index (χ1v) is 10.0. The van der Waals surface area contributed by atoms with Crippen LogP contribution in [-0.2, 0) is 15.0 Å². The van der Waals surface area contributed by atoms with Gasteiger partial charge in [-0.2, -0.15) is 17.0 Å². The number of nitrogens with one attached hydrogen (secondary N) is 1. The molecule has 0 aromatic rings. The number of piperazine rings is 1. The van der Waals surface area contributed by atoms with Crippen LogP contribution in [0.5, 0.6) is 0 Å². The Bertz CT molecular complexity index is 489. The lowest BCUT2D eigenvalue weighted by molar-refractivity contribution is -0.132. The van der Waals surface area contributed by atoms with E-state index in [-0.39, 0.29) is 24.4 Å². The van der Waals surface area contributed by atoms with Gasteiger partial charge in [0.05, 0.1) is 0 Å². The maximum absolute atomic E-state index is 12.8. The number of hydrogen-bond acceptors (Lipinski definition) is 4. The van der Waals surface area contributed by atoms with Crippen LogP contribution in [0.3, 0.4) is 0 Å². The van der Waals surface area contributed by atoms with Crippen molar-refractivity contribution in [3.05, 3.63) is 0 Å². The average Bonchev–Trinajstić information content (AvgIpc) is 2.59. The van der Waals surface area contributed by atoms with E-state index in [9.17, 15) is 13.2 Å². The third-order valence-electron chi connectivity index (χ3n) is 4.96. The van der Waals surface area contributed by atoms with Crippen LogP contribution in [0.2, 0.25) is 0 Å². The Hall–Kier alpha value is -0.410. The molecule has 9 heteroatoms. The highest BCUT2D eigenvalue weighted by Gasteiger charge is 2.35. The van der Waals surface area contributed by atoms with Crippen molar-refractivity contribution in [3.8, 4) is 0 Å². The minimum Gasteiger partial charge on any atom is -0.340 e. The van der Waals surface area contributed by atoms with E-state index in [2.05, 4.69) is 5.32 Å². The summed E-state index contributed by atoms with van der Waals surface area (Å²) < 4.78 is 28.6. The smallest absolute Gasteiger partial charge is 0.282 e. The van der Waals surface area contributed by atoms with Crippen molar-refractivity contribution in [1.29, 1.82) is 0 Å². The van der Waals surface area contributed by atoms with E-state index in [1.165, 1.54) is 10.7 Å². The van der Waals surface area contributed by atoms with E-state index in [1.807, 2.05) is 7.05 Å². The molecule has 142 valence electrons. The summed E-state index contributed by atoms with van der Waals surface area (Å²) in [7, 11) is 0.111. The summed E-state index contributed by atoms with van der Waals surface area (Å²) in [6.45, 7) is 2.41. The predicted molar refractivity (Wildman–Crippen MR) is 97.5 cm³/mol. The second kappa shape index (κ2) is 9.91. The lowest BCUT2D eigenvalue weighted by Gasteiger charge is -2.38. The first-order valence-electron chi connectivity index (χ1n) is 8.62. The van der Waals surface area contributed by atoms with Crippen molar-refractivity contribution in [1.82, 2.24) is 18.8 Å². The number of carbonyl (C=O) groups is 1. The van der Waals surface area contributed by atoms with Gasteiger partial charge in [-0.05, 0) is 19.9 Å². The molecule has 0 bridgehead atoms. The standard InChI is InChI=1S/C15H30N4O3S.ClH/c1-16-9-8-15(20)18-10-12-19(13-11-18)23(21,22)17(2)14-6-4-3-5-7-14;/h14,16H,3-13H2,1-2H3;1H. The molecule has 1 saturated heterocycles. The van der Waals surface area contributed by atoms with E-state index in [0.29, 0.717) is 39.1 Å². The van der Waals surface area contributed by atoms with E-state index in [1.54, 1.807) is 16.3 Å². The number of amides is 1. The molecule has 1 N–H and O–H groups in total. The van der Waals surface area contributed by atoms with Crippen molar-refractivity contribution >= 4 is 28.5 Å². The average molecular weight is 383 g/mol. The van der Waals surface area contributed by atoms with Gasteiger partial charge in [0, 0.05) is 52.2 Å². The van der Waals surface area contributed by atoms with Gasteiger partial charge in [0.25, 0.3) is 10.2 Å². The van der Waals surface area contributed by atoms with Gasteiger partial charge in [0.2, 0.25) is 5.91 Å². The van der Waals surface area contributed by atoms with Gasteiger partial charge in [-0.3, -0.25) is 4.79 Å². The fourth-order valence-corrected chi connectivity index (χ4v) is 4.95. The van der Waals surface area contributed by atoms with E-state index in [4.69, 9.17) is 0 Å². The highest BCUT2D eigenvalue weighted by Crippen LogP contribution is 2.25. The minimum atomic E-state index is -3.41. The zero-order valence-corrected chi connectivity index (χ0v) is 16.4. The zero-order valence-electron chi connectivity index (χ0n) is 14.7. The van der Waals surface area contributed by atoms with Gasteiger partial charge in [-0.25, -0.2) is 0 Å². The normalized spacial score (nSPS) is 20.9. The van der Waals surface area contributed by atoms with E-state index >= 15 is 0 Å². The molecule has 1 aliphatic carbocycles. The van der Waals surface area contributed by atoms with Crippen molar-refractivity contribution in [2.45, 2.75) is 44.6 Å². The Labute approximate surface area is 152 Å². The molecule has 0 atom stereocenters. The molecule has 0 unspecified atom stereocenters. The van der Waals surface area contributed by atoms with E-state index < -0.39 is 10.2 Å². The van der Waals surface area contributed by atoms with Crippen LogP contribution in [-0.4, -0.2) is 80.7 Å². The Morgan fingerprint density at radius 2 is 1.71 bits per heavy atom. The van der Waals surface area contributed by atoms with Crippen LogP contribution in [0.4, 0.5) is 0 Å². The largest absolute Gasteiger partial charge is 0.340 e. The monoisotopic (exact) mass is 382 g/mol. The molecular formula is C15H31ClN4O3S. The van der Waals surface area contributed by atoms with Crippen LogP contribution in [0.25, 0.3) is 0 Å². The van der Waals surface area contributed by atoms with Gasteiger partial charge in [-0.15, -0.1) is 12.4 Å². The SMILES string of the molecule is CNCCC(=O)N1CCN(S(=O)(=O)N(C)C2CCCCC2)CC1.Cl. The maximum Gasteiger partial charge on any atom is 0.282 e. The molecule has 0 radical (unpaired) electrons. The molecule has 7 nitrogen and oxygen atoms in total. The Morgan fingerprint density at radius 1 is 1.12 bits per heavy atom. The topological polar surface area (TPSA) is 73.0 Å². The van der Waals surface area contributed by atoms with Crippen molar-refractivity contribution in [2.24, 2.45) is 0 Å². The molecule has 1 saturated carbocycles. The van der Waals surface area contributed by atoms with Crippen molar-refractivity contribution < 1.29 is 13.2 Å². The number of rotatable bonds is 6.